The van der Waals surface area contributed by atoms with Crippen LogP contribution in [0, 0.1) is 12.8 Å². The van der Waals surface area contributed by atoms with Gasteiger partial charge in [0.2, 0.25) is 0 Å². The third-order valence-electron chi connectivity index (χ3n) is 6.13. The van der Waals surface area contributed by atoms with Gasteiger partial charge in [0.1, 0.15) is 0 Å². The van der Waals surface area contributed by atoms with Gasteiger partial charge in [0, 0.05) is 18.8 Å². The number of hydrogen-bond donors (Lipinski definition) is 1. The van der Waals surface area contributed by atoms with E-state index in [1.165, 1.54) is 17.9 Å². The largest absolute Gasteiger partial charge is 0.459 e. The maximum absolute atomic E-state index is 12.6. The van der Waals surface area contributed by atoms with Crippen molar-refractivity contribution in [3.05, 3.63) is 89.4 Å². The number of carbonyl (C=O) groups excluding carboxylic acids is 3. The number of benzene rings is 2. The van der Waals surface area contributed by atoms with Crippen LogP contribution in [0.5, 0.6) is 0 Å². The van der Waals surface area contributed by atoms with Crippen molar-refractivity contribution in [2.75, 3.05) is 25.0 Å². The molecule has 7 heteroatoms. The van der Waals surface area contributed by atoms with Crippen LogP contribution in [-0.2, 0) is 16.0 Å². The van der Waals surface area contributed by atoms with E-state index in [9.17, 15) is 14.4 Å². The van der Waals surface area contributed by atoms with Gasteiger partial charge in [0.25, 0.3) is 11.8 Å². The zero-order chi connectivity index (χ0) is 23.9. The standard InChI is InChI=1S/C27H28N2O5/c1-19-9-10-22(17-23(19)28-26(31)24-8-5-15-33-24)27(32)34-18-25(30)29-13-11-21(12-14-29)16-20-6-3-2-4-7-20/h2-10,15,17,21H,11-14,16,18H2,1H3,(H,28,31). The summed E-state index contributed by atoms with van der Waals surface area (Å²) in [5.74, 6) is -0.489. The Kier molecular flexibility index (Phi) is 7.42. The van der Waals surface area contributed by atoms with E-state index in [0.29, 0.717) is 24.7 Å². The highest BCUT2D eigenvalue weighted by molar-refractivity contribution is 6.03. The summed E-state index contributed by atoms with van der Waals surface area (Å²) in [6.45, 7) is 2.85. The van der Waals surface area contributed by atoms with Crippen molar-refractivity contribution in [1.82, 2.24) is 4.90 Å². The lowest BCUT2D eigenvalue weighted by atomic mass is 9.90. The first kappa shape index (κ1) is 23.3. The van der Waals surface area contributed by atoms with Crippen LogP contribution in [0.4, 0.5) is 5.69 Å². The summed E-state index contributed by atoms with van der Waals surface area (Å²) in [5, 5.41) is 2.73. The zero-order valence-corrected chi connectivity index (χ0v) is 19.2. The van der Waals surface area contributed by atoms with Gasteiger partial charge in [-0.3, -0.25) is 9.59 Å². The molecule has 4 rings (SSSR count). The molecule has 1 aromatic heterocycles. The molecule has 0 spiro atoms. The number of nitrogens with one attached hydrogen (secondary N) is 1. The zero-order valence-electron chi connectivity index (χ0n) is 19.2. The Morgan fingerprint density at radius 3 is 2.50 bits per heavy atom. The average Bonchev–Trinajstić information content (AvgIpc) is 3.40. The third-order valence-corrected chi connectivity index (χ3v) is 6.13. The monoisotopic (exact) mass is 460 g/mol. The van der Waals surface area contributed by atoms with Crippen LogP contribution >= 0.6 is 0 Å². The average molecular weight is 461 g/mol. The van der Waals surface area contributed by atoms with E-state index < -0.39 is 11.9 Å². The van der Waals surface area contributed by atoms with Crippen LogP contribution in [0.1, 0.15) is 44.9 Å². The lowest BCUT2D eigenvalue weighted by Crippen LogP contribution is -2.41. The van der Waals surface area contributed by atoms with Gasteiger partial charge in [0.15, 0.2) is 12.4 Å². The van der Waals surface area contributed by atoms with Gasteiger partial charge in [0.05, 0.1) is 11.8 Å². The highest BCUT2D eigenvalue weighted by atomic mass is 16.5. The first-order chi connectivity index (χ1) is 16.5. The second-order valence-corrected chi connectivity index (χ2v) is 8.55. The van der Waals surface area contributed by atoms with Crippen molar-refractivity contribution < 1.29 is 23.5 Å². The van der Waals surface area contributed by atoms with Crippen molar-refractivity contribution in [2.45, 2.75) is 26.2 Å². The van der Waals surface area contributed by atoms with Gasteiger partial charge in [-0.25, -0.2) is 4.79 Å². The van der Waals surface area contributed by atoms with Crippen molar-refractivity contribution >= 4 is 23.5 Å². The second-order valence-electron chi connectivity index (χ2n) is 8.55. The number of aryl methyl sites for hydroxylation is 1. The molecule has 0 bridgehead atoms. The number of piperidine rings is 1. The Bertz CT molecular complexity index is 1130. The molecule has 3 aromatic rings. The number of amides is 2. The number of furan rings is 1. The molecule has 1 fully saturated rings. The van der Waals surface area contributed by atoms with Gasteiger partial charge < -0.3 is 19.4 Å². The molecule has 7 nitrogen and oxygen atoms in total. The lowest BCUT2D eigenvalue weighted by Gasteiger charge is -2.32. The summed E-state index contributed by atoms with van der Waals surface area (Å²) in [7, 11) is 0. The molecule has 34 heavy (non-hydrogen) atoms. The fraction of sp³-hybridized carbons (Fsp3) is 0.296. The number of esters is 1. The predicted octanol–water partition coefficient (Wildman–Crippen LogP) is 4.48. The summed E-state index contributed by atoms with van der Waals surface area (Å²) >= 11 is 0. The number of anilines is 1. The van der Waals surface area contributed by atoms with Gasteiger partial charge in [-0.2, -0.15) is 0 Å². The minimum atomic E-state index is -0.610. The van der Waals surface area contributed by atoms with Crippen LogP contribution in [0.25, 0.3) is 0 Å². The van der Waals surface area contributed by atoms with Gasteiger partial charge in [-0.05, 0) is 67.5 Å². The Labute approximate surface area is 198 Å². The number of rotatable bonds is 7. The topological polar surface area (TPSA) is 88.9 Å². The molecule has 176 valence electrons. The molecule has 2 heterocycles. The minimum Gasteiger partial charge on any atom is -0.459 e. The van der Waals surface area contributed by atoms with Crippen molar-refractivity contribution in [3.63, 3.8) is 0 Å². The van der Waals surface area contributed by atoms with Crippen LogP contribution < -0.4 is 5.32 Å². The smallest absolute Gasteiger partial charge is 0.338 e. The molecule has 1 aliphatic rings. The summed E-state index contributed by atoms with van der Waals surface area (Å²) in [5.41, 5.74) is 2.84. The van der Waals surface area contributed by atoms with E-state index in [-0.39, 0.29) is 23.8 Å². The summed E-state index contributed by atoms with van der Waals surface area (Å²) in [4.78, 5) is 39.1. The van der Waals surface area contributed by atoms with Crippen molar-refractivity contribution in [3.8, 4) is 0 Å². The van der Waals surface area contributed by atoms with Crippen molar-refractivity contribution in [1.29, 1.82) is 0 Å². The van der Waals surface area contributed by atoms with E-state index in [1.807, 2.05) is 25.1 Å². The predicted molar refractivity (Wildman–Crippen MR) is 128 cm³/mol. The van der Waals surface area contributed by atoms with Crippen molar-refractivity contribution in [2.24, 2.45) is 5.92 Å². The Hall–Kier alpha value is -3.87. The Morgan fingerprint density at radius 1 is 1.03 bits per heavy atom. The molecule has 1 N–H and O–H groups in total. The SMILES string of the molecule is Cc1ccc(C(=O)OCC(=O)N2CCC(Cc3ccccc3)CC2)cc1NC(=O)c1ccco1. The van der Waals surface area contributed by atoms with Crippen LogP contribution in [0.3, 0.4) is 0 Å². The van der Waals surface area contributed by atoms with Gasteiger partial charge >= 0.3 is 5.97 Å². The van der Waals surface area contributed by atoms with Crippen LogP contribution in [0.15, 0.2) is 71.3 Å². The molecule has 0 atom stereocenters. The highest BCUT2D eigenvalue weighted by Crippen LogP contribution is 2.22. The second kappa shape index (κ2) is 10.8. The molecular weight excluding hydrogens is 432 g/mol. The van der Waals surface area contributed by atoms with Crippen LogP contribution in [0.2, 0.25) is 0 Å². The van der Waals surface area contributed by atoms with E-state index in [2.05, 4.69) is 17.4 Å². The number of hydrogen-bond acceptors (Lipinski definition) is 5. The number of likely N-dealkylation sites (tertiary alicyclic amines) is 1. The van der Waals surface area contributed by atoms with Gasteiger partial charge in [-0.1, -0.05) is 36.4 Å². The Morgan fingerprint density at radius 2 is 1.79 bits per heavy atom. The fourth-order valence-electron chi connectivity index (χ4n) is 4.11. The van der Waals surface area contributed by atoms with E-state index in [4.69, 9.17) is 9.15 Å². The molecule has 0 saturated carbocycles. The summed E-state index contributed by atoms with van der Waals surface area (Å²) in [6.07, 6.45) is 4.30. The Balaban J connectivity index is 1.26. The summed E-state index contributed by atoms with van der Waals surface area (Å²) < 4.78 is 10.4. The van der Waals surface area contributed by atoms with E-state index >= 15 is 0 Å². The molecule has 1 aliphatic heterocycles. The molecule has 2 amide bonds. The molecule has 2 aromatic carbocycles. The number of ether oxygens (including phenoxy) is 1. The molecule has 0 aliphatic carbocycles. The highest BCUT2D eigenvalue weighted by Gasteiger charge is 2.24. The minimum absolute atomic E-state index is 0.172. The maximum Gasteiger partial charge on any atom is 0.338 e. The van der Waals surface area contributed by atoms with Gasteiger partial charge in [-0.15, -0.1) is 0 Å². The quantitative estimate of drug-likeness (QED) is 0.525. The molecular formula is C27H28N2O5. The maximum atomic E-state index is 12.6. The normalized spacial score (nSPS) is 14.0. The first-order valence-corrected chi connectivity index (χ1v) is 11.4. The molecule has 1 saturated heterocycles. The first-order valence-electron chi connectivity index (χ1n) is 11.4. The van der Waals surface area contributed by atoms with E-state index in [1.54, 1.807) is 29.2 Å². The lowest BCUT2D eigenvalue weighted by molar-refractivity contribution is -0.135. The number of carbonyl (C=O) groups is 3. The summed E-state index contributed by atoms with van der Waals surface area (Å²) in [6, 6.07) is 18.4. The number of nitrogens with zero attached hydrogens (tertiary/aromatic N) is 1. The molecule has 0 unspecified atom stereocenters. The van der Waals surface area contributed by atoms with Crippen LogP contribution in [-0.4, -0.2) is 42.4 Å². The fourth-order valence-corrected chi connectivity index (χ4v) is 4.11. The molecule has 0 radical (unpaired) electrons. The van der Waals surface area contributed by atoms with E-state index in [0.717, 1.165) is 24.8 Å². The third kappa shape index (κ3) is 5.92.